The van der Waals surface area contributed by atoms with Crippen molar-refractivity contribution in [1.29, 1.82) is 0 Å². The molecule has 0 bridgehead atoms. The summed E-state index contributed by atoms with van der Waals surface area (Å²) in [7, 11) is 0. The molecule has 0 spiro atoms. The molecule has 0 aromatic rings. The molecule has 0 radical (unpaired) electrons. The van der Waals surface area contributed by atoms with Crippen molar-refractivity contribution in [3.05, 3.63) is 23.7 Å². The second kappa shape index (κ2) is 10.4. The molecule has 0 rings (SSSR count). The molecule has 0 saturated carbocycles. The van der Waals surface area contributed by atoms with E-state index in [1.54, 1.807) is 0 Å². The van der Waals surface area contributed by atoms with Gasteiger partial charge in [0.05, 0.1) is 0 Å². The van der Waals surface area contributed by atoms with Crippen LogP contribution in [0.25, 0.3) is 0 Å². The first-order chi connectivity index (χ1) is 11.1. The topological polar surface area (TPSA) is 80.3 Å². The molecule has 27 heavy (non-hydrogen) atoms. The van der Waals surface area contributed by atoms with Crippen LogP contribution in [0.3, 0.4) is 0 Å². The van der Waals surface area contributed by atoms with Crippen LogP contribution in [0.5, 0.6) is 0 Å². The number of carbonyl (C=O) groups excluding carboxylic acids is 2. The van der Waals surface area contributed by atoms with Crippen LogP contribution in [0.2, 0.25) is 0 Å². The van der Waals surface area contributed by atoms with Gasteiger partial charge in [-0.05, 0) is 23.7 Å². The summed E-state index contributed by atoms with van der Waals surface area (Å²) in [6.07, 6.45) is -23.9. The van der Waals surface area contributed by atoms with Crippen molar-refractivity contribution >= 4 is 49.3 Å². The van der Waals surface area contributed by atoms with Crippen LogP contribution in [-0.4, -0.2) is 74.0 Å². The van der Waals surface area contributed by atoms with Crippen molar-refractivity contribution in [2.24, 2.45) is 0 Å². The van der Waals surface area contributed by atoms with Gasteiger partial charge < -0.3 is 10.2 Å². The van der Waals surface area contributed by atoms with Gasteiger partial charge in [-0.2, -0.15) is 52.7 Å². The molecule has 0 saturated heterocycles. The van der Waals surface area contributed by atoms with Crippen molar-refractivity contribution < 1.29 is 72.5 Å². The Kier molecular flexibility index (Phi) is 11.8. The van der Waals surface area contributed by atoms with E-state index in [9.17, 15) is 72.5 Å². The van der Waals surface area contributed by atoms with Crippen LogP contribution in [0.1, 0.15) is 0 Å². The van der Waals surface area contributed by atoms with E-state index in [2.05, 4.69) is 0 Å². The van der Waals surface area contributed by atoms with Crippen LogP contribution in [0.15, 0.2) is 23.7 Å². The molecule has 0 aliphatic rings. The molecule has 0 amide bonds. The van der Waals surface area contributed by atoms with Gasteiger partial charge in [-0.1, -0.05) is 0 Å². The molecule has 17 heteroatoms. The maximum absolute atomic E-state index is 11.3. The zero-order valence-corrected chi connectivity index (χ0v) is 14.2. The maximum atomic E-state index is 11.3. The Morgan fingerprint density at radius 2 is 0.704 bits per heavy atom. The Labute approximate surface area is 170 Å². The zero-order chi connectivity index (χ0) is 21.7. The predicted molar refractivity (Wildman–Crippen MR) is 56.2 cm³/mol. The molecular formula is C10H2CaF12O4. The molecule has 4 nitrogen and oxygen atoms in total. The van der Waals surface area contributed by atoms with Crippen molar-refractivity contribution in [3.8, 4) is 0 Å². The maximum Gasteiger partial charge on any atom is 2.00 e. The fourth-order valence-corrected chi connectivity index (χ4v) is 0.565. The van der Waals surface area contributed by atoms with Crippen LogP contribution in [0.4, 0.5) is 52.7 Å². The van der Waals surface area contributed by atoms with Crippen molar-refractivity contribution in [1.82, 2.24) is 0 Å². The largest absolute Gasteiger partial charge is 2.00 e. The van der Waals surface area contributed by atoms with Gasteiger partial charge in [0.2, 0.25) is 0 Å². The first-order valence-electron chi connectivity index (χ1n) is 5.24. The van der Waals surface area contributed by atoms with Gasteiger partial charge in [0.15, 0.2) is 0 Å². The molecule has 0 aliphatic carbocycles. The SMILES string of the molecule is O=C(/C=C(\[O-])C(F)(F)F)C(F)(F)F.O=C(/C=C(\[O-])C(F)(F)F)C(F)(F)F.[Ca+2]. The van der Waals surface area contributed by atoms with Crippen molar-refractivity contribution in [3.63, 3.8) is 0 Å². The molecule has 0 unspecified atom stereocenters. The Morgan fingerprint density at radius 1 is 0.519 bits per heavy atom. The minimum atomic E-state index is -5.46. The van der Waals surface area contributed by atoms with E-state index in [-0.39, 0.29) is 37.7 Å². The summed E-state index contributed by atoms with van der Waals surface area (Å²) < 4.78 is 136. The van der Waals surface area contributed by atoms with Crippen molar-refractivity contribution in [2.75, 3.05) is 0 Å². The Hall–Kier alpha value is -1.16. The molecule has 0 aromatic heterocycles. The molecule has 152 valence electrons. The van der Waals surface area contributed by atoms with Gasteiger partial charge in [0.25, 0.3) is 11.6 Å². The third kappa shape index (κ3) is 13.6. The third-order valence-electron chi connectivity index (χ3n) is 1.64. The number of rotatable bonds is 2. The van der Waals surface area contributed by atoms with E-state index in [1.165, 1.54) is 0 Å². The summed E-state index contributed by atoms with van der Waals surface area (Å²) in [4.78, 5) is 19.6. The summed E-state index contributed by atoms with van der Waals surface area (Å²) in [5.74, 6) is -11.3. The molecular weight excluding hydrogens is 452 g/mol. The number of carbonyl (C=O) groups is 2. The van der Waals surface area contributed by atoms with E-state index < -0.39 is 59.9 Å². The number of allylic oxidation sites excluding steroid dienone is 4. The standard InChI is InChI=1S/2C5H2F6O2.Ca/c2*6-4(7,8)2(12)1-3(13)5(9,10)11;/h2*1,12H;/q;;+2/p-2/b2*2-1-;. The number of alkyl halides is 12. The molecule has 0 fully saturated rings. The second-order valence-corrected chi connectivity index (χ2v) is 3.74. The summed E-state index contributed by atoms with van der Waals surface area (Å²) in [6, 6.07) is 0. The fraction of sp³-hybridized carbons (Fsp3) is 0.400. The number of hydrogen-bond acceptors (Lipinski definition) is 4. The monoisotopic (exact) mass is 454 g/mol. The van der Waals surface area contributed by atoms with Crippen LogP contribution in [0, 0.1) is 0 Å². The molecule has 0 N–H and O–H groups in total. The van der Waals surface area contributed by atoms with Gasteiger partial charge >= 0.3 is 62.4 Å². The van der Waals surface area contributed by atoms with E-state index in [0.29, 0.717) is 0 Å². The summed E-state index contributed by atoms with van der Waals surface area (Å²) in [5, 5.41) is 19.6. The van der Waals surface area contributed by atoms with Gasteiger partial charge in [0, 0.05) is 0 Å². The quantitative estimate of drug-likeness (QED) is 0.274. The van der Waals surface area contributed by atoms with E-state index >= 15 is 0 Å². The van der Waals surface area contributed by atoms with E-state index in [1.807, 2.05) is 0 Å². The number of halogens is 12. The summed E-state index contributed by atoms with van der Waals surface area (Å²) >= 11 is 0. The van der Waals surface area contributed by atoms with Gasteiger partial charge in [-0.3, -0.25) is 9.59 Å². The first-order valence-corrected chi connectivity index (χ1v) is 5.24. The molecule has 0 atom stereocenters. The zero-order valence-electron chi connectivity index (χ0n) is 12.0. The predicted octanol–water partition coefficient (Wildman–Crippen LogP) is 1.47. The van der Waals surface area contributed by atoms with E-state index in [0.717, 1.165) is 0 Å². The van der Waals surface area contributed by atoms with Gasteiger partial charge in [0.1, 0.15) is 0 Å². The normalized spacial score (nSPS) is 13.9. The molecule has 0 heterocycles. The van der Waals surface area contributed by atoms with Gasteiger partial charge in [-0.25, -0.2) is 0 Å². The Bertz CT molecular complexity index is 527. The minimum Gasteiger partial charge on any atom is -0.869 e. The Morgan fingerprint density at radius 3 is 0.815 bits per heavy atom. The molecule has 0 aromatic carbocycles. The van der Waals surface area contributed by atoms with Crippen LogP contribution >= 0.6 is 0 Å². The first kappa shape index (κ1) is 30.6. The van der Waals surface area contributed by atoms with Crippen molar-refractivity contribution in [2.45, 2.75) is 24.7 Å². The van der Waals surface area contributed by atoms with Crippen LogP contribution in [-0.2, 0) is 9.59 Å². The summed E-state index contributed by atoms with van der Waals surface area (Å²) in [5.41, 5.74) is 0. The minimum absolute atomic E-state index is 0. The van der Waals surface area contributed by atoms with Gasteiger partial charge in [-0.15, -0.1) is 0 Å². The number of hydrogen-bond donors (Lipinski definition) is 0. The van der Waals surface area contributed by atoms with E-state index in [4.69, 9.17) is 0 Å². The Balaban J connectivity index is -0.000000411. The molecule has 0 aliphatic heterocycles. The number of ketones is 2. The summed E-state index contributed by atoms with van der Waals surface area (Å²) in [6.45, 7) is 0. The third-order valence-corrected chi connectivity index (χ3v) is 1.64. The second-order valence-electron chi connectivity index (χ2n) is 3.74. The average molecular weight is 454 g/mol. The average Bonchev–Trinajstić information content (AvgIpc) is 2.34. The fourth-order valence-electron chi connectivity index (χ4n) is 0.565. The van der Waals surface area contributed by atoms with Crippen LogP contribution < -0.4 is 10.2 Å². The smallest absolute Gasteiger partial charge is 0.869 e.